The van der Waals surface area contributed by atoms with Gasteiger partial charge in [-0.3, -0.25) is 44.8 Å². The monoisotopic (exact) mass is 931 g/mol. The van der Waals surface area contributed by atoms with Gasteiger partial charge in [-0.05, 0) is 79.3 Å². The van der Waals surface area contributed by atoms with Gasteiger partial charge < -0.3 is 34.4 Å². The van der Waals surface area contributed by atoms with Gasteiger partial charge in [0.05, 0.1) is 32.8 Å². The highest BCUT2D eigenvalue weighted by Gasteiger charge is 2.61. The molecular weight excluding hydrogens is 887 g/mol. The molecule has 0 radical (unpaired) electrons. The number of esters is 1. The number of benzene rings is 3. The Bertz CT molecular complexity index is 2430. The molecule has 6 atom stereocenters. The second-order valence-electron chi connectivity index (χ2n) is 16.3. The van der Waals surface area contributed by atoms with E-state index in [1.165, 1.54) is 101 Å². The van der Waals surface area contributed by atoms with E-state index in [1.54, 1.807) is 4.90 Å². The van der Waals surface area contributed by atoms with Crippen LogP contribution in [0.5, 0.6) is 0 Å². The molecular formula is C43H45N7O15S. The van der Waals surface area contributed by atoms with Crippen LogP contribution in [0.1, 0.15) is 49.8 Å². The number of nitrogens with zero attached hydrogens (tertiary/aromatic N) is 6. The zero-order valence-corrected chi connectivity index (χ0v) is 36.4. The fourth-order valence-corrected chi connectivity index (χ4v) is 10.1. The van der Waals surface area contributed by atoms with Gasteiger partial charge in [-0.15, -0.1) is 11.8 Å². The quantitative estimate of drug-likeness (QED) is 0.0670. The van der Waals surface area contributed by atoms with Crippen molar-refractivity contribution in [2.45, 2.75) is 82.4 Å². The summed E-state index contributed by atoms with van der Waals surface area (Å²) >= 11 is 1.22. The number of nitro benzene ring substituents is 3. The molecule has 3 fully saturated rings. The second kappa shape index (κ2) is 19.9. The van der Waals surface area contributed by atoms with E-state index in [4.69, 9.17) is 14.2 Å². The number of thioether (sulfide) groups is 1. The maximum atomic E-state index is 14.4. The standard InChI is InChI=1S/C43H45N7O15S/c1-24-36-35(25(2)51)40(53)47(36)37(41(54)63-21-26-3-9-30(10-4-26)48(57)58)38(24)66-33-19-34(46(20-33)43(56)65-23-28-7-13-32(14-8-28)50(61)62)39(52)45-17-15-29(16-18-45)44-42(55)64-22-27-5-11-31(12-6-27)49(59)60/h3-14,24-25,29,33-36,51H,15-23H2,1-2H3,(H,44,55)/t24-,25-,33+,34+,35-,36-/m1/s1. The average molecular weight is 932 g/mol. The molecule has 0 spiro atoms. The smallest absolute Gasteiger partial charge is 0.410 e. The van der Waals surface area contributed by atoms with E-state index in [-0.39, 0.29) is 80.6 Å². The number of rotatable bonds is 15. The van der Waals surface area contributed by atoms with Gasteiger partial charge in [0.25, 0.3) is 17.1 Å². The summed E-state index contributed by atoms with van der Waals surface area (Å²) in [5.41, 5.74) is 1.06. The van der Waals surface area contributed by atoms with Gasteiger partial charge in [-0.2, -0.15) is 0 Å². The molecule has 0 aromatic heterocycles. The van der Waals surface area contributed by atoms with Gasteiger partial charge in [0.1, 0.15) is 31.6 Å². The number of ether oxygens (including phenoxy) is 3. The van der Waals surface area contributed by atoms with Gasteiger partial charge in [0.15, 0.2) is 0 Å². The number of hydrogen-bond acceptors (Lipinski definition) is 16. The average Bonchev–Trinajstić information content (AvgIpc) is 3.83. The summed E-state index contributed by atoms with van der Waals surface area (Å²) in [7, 11) is 0. The molecule has 3 aromatic carbocycles. The summed E-state index contributed by atoms with van der Waals surface area (Å²) in [4.78, 5) is 104. The van der Waals surface area contributed by atoms with E-state index in [1.807, 2.05) is 6.92 Å². The number of likely N-dealkylation sites (tertiary alicyclic amines) is 2. The van der Waals surface area contributed by atoms with Gasteiger partial charge in [-0.1, -0.05) is 6.92 Å². The van der Waals surface area contributed by atoms with Crippen molar-refractivity contribution in [1.82, 2.24) is 20.0 Å². The van der Waals surface area contributed by atoms with Crippen LogP contribution in [0.3, 0.4) is 0 Å². The van der Waals surface area contributed by atoms with Crippen LogP contribution >= 0.6 is 11.8 Å². The third-order valence-corrected chi connectivity index (χ3v) is 13.5. The Morgan fingerprint density at radius 2 is 1.27 bits per heavy atom. The number of non-ortho nitro benzene ring substituents is 3. The summed E-state index contributed by atoms with van der Waals surface area (Å²) < 4.78 is 16.6. The first kappa shape index (κ1) is 46.8. The van der Waals surface area contributed by atoms with Crippen molar-refractivity contribution in [3.05, 3.63) is 130 Å². The van der Waals surface area contributed by atoms with E-state index in [0.717, 1.165) is 0 Å². The van der Waals surface area contributed by atoms with Crippen LogP contribution in [-0.2, 0) is 48.4 Å². The van der Waals surface area contributed by atoms with Gasteiger partial charge in [-0.25, -0.2) is 14.4 Å². The highest BCUT2D eigenvalue weighted by Crippen LogP contribution is 2.52. The number of aliphatic hydroxyl groups excluding tert-OH is 1. The Hall–Kier alpha value is -7.14. The highest BCUT2D eigenvalue weighted by molar-refractivity contribution is 8.03. The molecule has 0 unspecified atom stereocenters. The van der Waals surface area contributed by atoms with Gasteiger partial charge in [0.2, 0.25) is 11.8 Å². The SMILES string of the molecule is C[C@@H](O)[C@H]1C(=O)N2C(C(=O)OCc3ccc([N+](=O)[O-])cc3)=C(S[C@H]3C[C@@H](C(=O)N4CCC(NC(=O)OCc5ccc([N+](=O)[O-])cc5)CC4)N(C(=O)OCc4ccc([N+](=O)[O-])cc4)C3)[C@H](C)[C@H]12. The first-order chi connectivity index (χ1) is 31.5. The molecule has 348 valence electrons. The highest BCUT2D eigenvalue weighted by atomic mass is 32.2. The van der Waals surface area contributed by atoms with Crippen LogP contribution in [0.4, 0.5) is 26.7 Å². The lowest BCUT2D eigenvalue weighted by atomic mass is 9.79. The number of nitrogens with one attached hydrogen (secondary N) is 1. The number of fused-ring (bicyclic) bond motifs is 1. The lowest BCUT2D eigenvalue weighted by molar-refractivity contribution is -0.385. The van der Waals surface area contributed by atoms with Crippen molar-refractivity contribution >= 4 is 58.8 Å². The fraction of sp³-hybridized carbons (Fsp3) is 0.419. The predicted molar refractivity (Wildman–Crippen MR) is 231 cm³/mol. The second-order valence-corrected chi connectivity index (χ2v) is 17.7. The summed E-state index contributed by atoms with van der Waals surface area (Å²) in [6, 6.07) is 14.5. The van der Waals surface area contributed by atoms with Crippen LogP contribution < -0.4 is 5.32 Å². The molecule has 23 heteroatoms. The number of alkyl carbamates (subject to hydrolysis) is 1. The minimum Gasteiger partial charge on any atom is -0.456 e. The lowest BCUT2D eigenvalue weighted by Crippen LogP contribution is -2.63. The van der Waals surface area contributed by atoms with Crippen molar-refractivity contribution in [2.24, 2.45) is 11.8 Å². The van der Waals surface area contributed by atoms with Crippen LogP contribution in [0.25, 0.3) is 0 Å². The first-order valence-corrected chi connectivity index (χ1v) is 21.8. The molecule has 0 aliphatic carbocycles. The Kier molecular flexibility index (Phi) is 14.2. The largest absolute Gasteiger partial charge is 0.456 e. The topological polar surface area (TPSA) is 284 Å². The molecule has 4 aliphatic heterocycles. The zero-order chi connectivity index (χ0) is 47.4. The van der Waals surface area contributed by atoms with Crippen molar-refractivity contribution in [3.8, 4) is 0 Å². The normalized spacial score (nSPS) is 22.0. The van der Waals surface area contributed by atoms with Gasteiger partial charge >= 0.3 is 18.2 Å². The van der Waals surface area contributed by atoms with Crippen LogP contribution in [0, 0.1) is 42.2 Å². The third-order valence-electron chi connectivity index (χ3n) is 12.1. The lowest BCUT2D eigenvalue weighted by Gasteiger charge is -2.46. The van der Waals surface area contributed by atoms with E-state index in [2.05, 4.69) is 5.32 Å². The molecule has 66 heavy (non-hydrogen) atoms. The fourth-order valence-electron chi connectivity index (χ4n) is 8.57. The van der Waals surface area contributed by atoms with Crippen LogP contribution in [-0.4, -0.2) is 114 Å². The van der Waals surface area contributed by atoms with Gasteiger partial charge in [0, 0.05) is 78.1 Å². The summed E-state index contributed by atoms with van der Waals surface area (Å²) in [5.74, 6) is -2.94. The molecule has 22 nitrogen and oxygen atoms in total. The van der Waals surface area contributed by atoms with Crippen molar-refractivity contribution in [3.63, 3.8) is 0 Å². The number of hydrogen-bond donors (Lipinski definition) is 2. The summed E-state index contributed by atoms with van der Waals surface area (Å²) in [6.45, 7) is 3.10. The Labute approximate surface area is 380 Å². The number of β-lactam (4-membered cyclic amide) rings is 1. The number of amides is 4. The van der Waals surface area contributed by atoms with E-state index in [0.29, 0.717) is 34.4 Å². The molecule has 0 bridgehead atoms. The van der Waals surface area contributed by atoms with Crippen LogP contribution in [0.15, 0.2) is 83.4 Å². The zero-order valence-electron chi connectivity index (χ0n) is 35.6. The molecule has 4 amide bonds. The molecule has 0 saturated carbocycles. The Morgan fingerprint density at radius 1 is 0.788 bits per heavy atom. The predicted octanol–water partition coefficient (Wildman–Crippen LogP) is 4.95. The number of piperidine rings is 1. The van der Waals surface area contributed by atoms with E-state index < -0.39 is 74.1 Å². The number of carbonyl (C=O) groups is 5. The van der Waals surface area contributed by atoms with Crippen LogP contribution in [0.2, 0.25) is 0 Å². The maximum Gasteiger partial charge on any atom is 0.410 e. The Balaban J connectivity index is 1.05. The first-order valence-electron chi connectivity index (χ1n) is 20.9. The maximum absolute atomic E-state index is 14.4. The van der Waals surface area contributed by atoms with Crippen molar-refractivity contribution in [1.29, 1.82) is 0 Å². The molecule has 2 N–H and O–H groups in total. The summed E-state index contributed by atoms with van der Waals surface area (Å²) in [5, 5.41) is 46.0. The third kappa shape index (κ3) is 10.2. The minimum atomic E-state index is -1.03. The molecule has 4 aliphatic rings. The van der Waals surface area contributed by atoms with E-state index >= 15 is 0 Å². The Morgan fingerprint density at radius 3 is 1.76 bits per heavy atom. The van der Waals surface area contributed by atoms with E-state index in [9.17, 15) is 59.4 Å². The van der Waals surface area contributed by atoms with Crippen molar-refractivity contribution < 1.29 is 58.1 Å². The minimum absolute atomic E-state index is 0.0153. The molecule has 3 saturated heterocycles. The molecule has 3 aromatic rings. The van der Waals surface area contributed by atoms with Crippen molar-refractivity contribution in [2.75, 3.05) is 19.6 Å². The molecule has 4 heterocycles. The molecule has 7 rings (SSSR count). The number of carbonyl (C=O) groups excluding carboxylic acids is 5. The number of aliphatic hydroxyl groups is 1. The summed E-state index contributed by atoms with van der Waals surface area (Å²) in [6.07, 6.45) is -1.72. The number of nitro groups is 3.